The van der Waals surface area contributed by atoms with Gasteiger partial charge < -0.3 is 21.1 Å². The van der Waals surface area contributed by atoms with Crippen LogP contribution in [0.3, 0.4) is 0 Å². The third-order valence-electron chi connectivity index (χ3n) is 3.70. The molecule has 0 unspecified atom stereocenters. The van der Waals surface area contributed by atoms with E-state index in [1.807, 2.05) is 0 Å². The van der Waals surface area contributed by atoms with Crippen molar-refractivity contribution in [2.24, 2.45) is 0 Å². The minimum Gasteiger partial charge on any atom is -0.399 e. The fourth-order valence-electron chi connectivity index (χ4n) is 2.46. The summed E-state index contributed by atoms with van der Waals surface area (Å²) >= 11 is 0. The average molecular weight is 295 g/mol. The molecule has 1 aromatic carbocycles. The summed E-state index contributed by atoms with van der Waals surface area (Å²) < 4.78 is 13.5. The van der Waals surface area contributed by atoms with Gasteiger partial charge >= 0.3 is 0 Å². The number of aliphatic hydroxyl groups is 1. The van der Waals surface area contributed by atoms with Gasteiger partial charge in [0.2, 0.25) is 5.91 Å². The minimum atomic E-state index is -0.484. The first-order valence-electron chi connectivity index (χ1n) is 7.30. The van der Waals surface area contributed by atoms with Crippen LogP contribution in [0.2, 0.25) is 0 Å². The number of piperidine rings is 1. The summed E-state index contributed by atoms with van der Waals surface area (Å²) in [5, 5.41) is 12.0. The van der Waals surface area contributed by atoms with E-state index in [2.05, 4.69) is 10.2 Å². The van der Waals surface area contributed by atoms with E-state index in [9.17, 15) is 14.3 Å². The molecule has 116 valence electrons. The summed E-state index contributed by atoms with van der Waals surface area (Å²) in [4.78, 5) is 14.0. The molecule has 1 fully saturated rings. The third-order valence-corrected chi connectivity index (χ3v) is 3.70. The maximum atomic E-state index is 13.5. The van der Waals surface area contributed by atoms with Crippen LogP contribution in [0, 0.1) is 5.82 Å². The van der Waals surface area contributed by atoms with Crippen molar-refractivity contribution in [1.82, 2.24) is 4.90 Å². The molecule has 21 heavy (non-hydrogen) atoms. The molecule has 2 rings (SSSR count). The Balaban J connectivity index is 1.71. The average Bonchev–Trinajstić information content (AvgIpc) is 2.45. The molecule has 0 atom stereocenters. The first-order chi connectivity index (χ1) is 10.0. The van der Waals surface area contributed by atoms with Crippen LogP contribution in [0.4, 0.5) is 15.8 Å². The van der Waals surface area contributed by atoms with Gasteiger partial charge in [0.05, 0.1) is 11.8 Å². The van der Waals surface area contributed by atoms with Gasteiger partial charge in [-0.25, -0.2) is 4.39 Å². The monoisotopic (exact) mass is 295 g/mol. The molecule has 0 spiro atoms. The number of nitrogen functional groups attached to an aromatic ring is 1. The molecule has 4 N–H and O–H groups in total. The van der Waals surface area contributed by atoms with Gasteiger partial charge in [-0.2, -0.15) is 0 Å². The second kappa shape index (κ2) is 7.38. The molecular weight excluding hydrogens is 273 g/mol. The molecule has 0 radical (unpaired) electrons. The van der Waals surface area contributed by atoms with E-state index < -0.39 is 5.82 Å². The lowest BCUT2D eigenvalue weighted by Crippen LogP contribution is -2.36. The number of nitrogens with zero attached hydrogens (tertiary/aromatic N) is 1. The zero-order valence-corrected chi connectivity index (χ0v) is 12.0. The Morgan fingerprint density at radius 2 is 2.14 bits per heavy atom. The molecule has 1 heterocycles. The Bertz CT molecular complexity index is 488. The number of aliphatic hydroxyl groups excluding tert-OH is 1. The summed E-state index contributed by atoms with van der Waals surface area (Å²) in [6.07, 6.45) is 2.46. The van der Waals surface area contributed by atoms with Crippen molar-refractivity contribution in [3.05, 3.63) is 24.0 Å². The zero-order chi connectivity index (χ0) is 15.2. The molecule has 0 bridgehead atoms. The van der Waals surface area contributed by atoms with Crippen LogP contribution in [-0.4, -0.2) is 41.7 Å². The van der Waals surface area contributed by atoms with Crippen molar-refractivity contribution in [2.45, 2.75) is 31.8 Å². The minimum absolute atomic E-state index is 0.126. The van der Waals surface area contributed by atoms with E-state index in [-0.39, 0.29) is 17.7 Å². The highest BCUT2D eigenvalue weighted by Crippen LogP contribution is 2.18. The highest BCUT2D eigenvalue weighted by molar-refractivity contribution is 5.91. The van der Waals surface area contributed by atoms with E-state index >= 15 is 0 Å². The highest BCUT2D eigenvalue weighted by atomic mass is 19.1. The summed E-state index contributed by atoms with van der Waals surface area (Å²) in [6, 6.07) is 4.11. The van der Waals surface area contributed by atoms with Crippen molar-refractivity contribution in [3.63, 3.8) is 0 Å². The Labute approximate surface area is 123 Å². The van der Waals surface area contributed by atoms with Gasteiger partial charge in [-0.1, -0.05) is 0 Å². The van der Waals surface area contributed by atoms with Gasteiger partial charge in [-0.05, 0) is 44.0 Å². The topological polar surface area (TPSA) is 78.6 Å². The molecular formula is C15H22FN3O2. The standard InChI is InChI=1S/C15H22FN3O2/c16-13-4-3-11(17)10-14(13)18-15(21)2-1-7-19-8-5-12(20)6-9-19/h3-4,10,12,20H,1-2,5-9,17H2,(H,18,21). The SMILES string of the molecule is Nc1ccc(F)c(NC(=O)CCCN2CCC(O)CC2)c1. The molecule has 1 saturated heterocycles. The largest absolute Gasteiger partial charge is 0.399 e. The predicted molar refractivity (Wildman–Crippen MR) is 80.4 cm³/mol. The Morgan fingerprint density at radius 3 is 2.86 bits per heavy atom. The van der Waals surface area contributed by atoms with E-state index in [1.165, 1.54) is 18.2 Å². The van der Waals surface area contributed by atoms with E-state index in [0.29, 0.717) is 18.5 Å². The van der Waals surface area contributed by atoms with Gasteiger partial charge in [0.25, 0.3) is 0 Å². The Hall–Kier alpha value is -1.66. The molecule has 1 amide bonds. The van der Waals surface area contributed by atoms with Crippen LogP contribution in [0.25, 0.3) is 0 Å². The number of likely N-dealkylation sites (tertiary alicyclic amines) is 1. The highest BCUT2D eigenvalue weighted by Gasteiger charge is 2.16. The van der Waals surface area contributed by atoms with Gasteiger partial charge in [0.15, 0.2) is 0 Å². The van der Waals surface area contributed by atoms with Gasteiger partial charge in [0, 0.05) is 25.2 Å². The van der Waals surface area contributed by atoms with Crippen LogP contribution >= 0.6 is 0 Å². The van der Waals surface area contributed by atoms with Crippen LogP contribution in [0.5, 0.6) is 0 Å². The number of rotatable bonds is 5. The van der Waals surface area contributed by atoms with E-state index in [1.54, 1.807) is 0 Å². The fourth-order valence-corrected chi connectivity index (χ4v) is 2.46. The van der Waals surface area contributed by atoms with Crippen molar-refractivity contribution in [3.8, 4) is 0 Å². The van der Waals surface area contributed by atoms with Gasteiger partial charge in [0.1, 0.15) is 5.82 Å². The lowest BCUT2D eigenvalue weighted by atomic mass is 10.1. The number of anilines is 2. The lowest BCUT2D eigenvalue weighted by molar-refractivity contribution is -0.116. The first-order valence-corrected chi connectivity index (χ1v) is 7.30. The number of amides is 1. The van der Waals surface area contributed by atoms with Crippen LogP contribution in [0.1, 0.15) is 25.7 Å². The number of nitrogens with one attached hydrogen (secondary N) is 1. The Morgan fingerprint density at radius 1 is 1.43 bits per heavy atom. The first kappa shape index (κ1) is 15.7. The number of hydrogen-bond donors (Lipinski definition) is 3. The second-order valence-electron chi connectivity index (χ2n) is 5.46. The molecule has 1 aliphatic rings. The smallest absolute Gasteiger partial charge is 0.224 e. The maximum absolute atomic E-state index is 13.5. The molecule has 5 nitrogen and oxygen atoms in total. The molecule has 0 saturated carbocycles. The number of carbonyl (C=O) groups is 1. The molecule has 0 aliphatic carbocycles. The maximum Gasteiger partial charge on any atom is 0.224 e. The molecule has 1 aliphatic heterocycles. The number of benzene rings is 1. The summed E-state index contributed by atoms with van der Waals surface area (Å²) in [5.74, 6) is -0.695. The quantitative estimate of drug-likeness (QED) is 0.721. The van der Waals surface area contributed by atoms with Gasteiger partial charge in [-0.15, -0.1) is 0 Å². The van der Waals surface area contributed by atoms with Crippen LogP contribution < -0.4 is 11.1 Å². The lowest BCUT2D eigenvalue weighted by Gasteiger charge is -2.29. The summed E-state index contributed by atoms with van der Waals surface area (Å²) in [6.45, 7) is 2.55. The van der Waals surface area contributed by atoms with Crippen molar-refractivity contribution in [2.75, 3.05) is 30.7 Å². The molecule has 6 heteroatoms. The fraction of sp³-hybridized carbons (Fsp3) is 0.533. The van der Waals surface area contributed by atoms with Gasteiger partial charge in [-0.3, -0.25) is 4.79 Å². The molecule has 0 aromatic heterocycles. The predicted octanol–water partition coefficient (Wildman–Crippen LogP) is 1.58. The van der Waals surface area contributed by atoms with Crippen LogP contribution in [-0.2, 0) is 4.79 Å². The van der Waals surface area contributed by atoms with E-state index in [4.69, 9.17) is 5.73 Å². The summed E-state index contributed by atoms with van der Waals surface area (Å²) in [7, 11) is 0. The number of hydrogen-bond acceptors (Lipinski definition) is 4. The van der Waals surface area contributed by atoms with Crippen molar-refractivity contribution >= 4 is 17.3 Å². The van der Waals surface area contributed by atoms with Crippen molar-refractivity contribution in [1.29, 1.82) is 0 Å². The van der Waals surface area contributed by atoms with Crippen molar-refractivity contribution < 1.29 is 14.3 Å². The molecule has 1 aromatic rings. The normalized spacial score (nSPS) is 16.9. The second-order valence-corrected chi connectivity index (χ2v) is 5.46. The number of nitrogens with two attached hydrogens (primary N) is 1. The number of carbonyl (C=O) groups excluding carboxylic acids is 1. The number of halogens is 1. The zero-order valence-electron chi connectivity index (χ0n) is 12.0. The summed E-state index contributed by atoms with van der Waals surface area (Å²) in [5.41, 5.74) is 6.11. The third kappa shape index (κ3) is 4.99. The Kier molecular flexibility index (Phi) is 5.52. The van der Waals surface area contributed by atoms with Crippen LogP contribution in [0.15, 0.2) is 18.2 Å². The van der Waals surface area contributed by atoms with E-state index in [0.717, 1.165) is 32.5 Å².